The summed E-state index contributed by atoms with van der Waals surface area (Å²) < 4.78 is 10.5. The van der Waals surface area contributed by atoms with Gasteiger partial charge in [0.05, 0.1) is 19.2 Å². The molecule has 0 fully saturated rings. The third-order valence-corrected chi connectivity index (χ3v) is 3.96. The molecular weight excluding hydrogens is 296 g/mol. The average Bonchev–Trinajstić information content (AvgIpc) is 2.83. The molecule has 0 saturated carbocycles. The zero-order valence-electron chi connectivity index (χ0n) is 11.7. The summed E-state index contributed by atoms with van der Waals surface area (Å²) in [5, 5.41) is 4.97. The first-order valence-corrected chi connectivity index (χ1v) is 7.36. The van der Waals surface area contributed by atoms with Crippen molar-refractivity contribution in [2.75, 3.05) is 14.2 Å². The minimum atomic E-state index is 0.550. The summed E-state index contributed by atoms with van der Waals surface area (Å²) in [6.07, 6.45) is 1.88. The summed E-state index contributed by atoms with van der Waals surface area (Å²) in [6.45, 7) is 3.48. The van der Waals surface area contributed by atoms with Crippen LogP contribution in [0.1, 0.15) is 15.4 Å². The number of rotatable bonds is 6. The molecule has 20 heavy (non-hydrogen) atoms. The Balaban J connectivity index is 2.01. The second kappa shape index (κ2) is 6.92. The van der Waals surface area contributed by atoms with Crippen molar-refractivity contribution in [1.82, 2.24) is 10.3 Å². The van der Waals surface area contributed by atoms with Crippen molar-refractivity contribution in [3.63, 3.8) is 0 Å². The van der Waals surface area contributed by atoms with E-state index in [1.54, 1.807) is 25.6 Å². The van der Waals surface area contributed by atoms with Crippen molar-refractivity contribution < 1.29 is 9.47 Å². The van der Waals surface area contributed by atoms with E-state index in [0.717, 1.165) is 17.1 Å². The molecule has 1 aromatic carbocycles. The highest BCUT2D eigenvalue weighted by Crippen LogP contribution is 2.35. The van der Waals surface area contributed by atoms with E-state index in [0.29, 0.717) is 23.1 Å². The van der Waals surface area contributed by atoms with Gasteiger partial charge in [0.2, 0.25) is 0 Å². The van der Waals surface area contributed by atoms with E-state index in [9.17, 15) is 0 Å². The molecule has 0 unspecified atom stereocenters. The molecular formula is C14H17ClN2O2S. The molecule has 0 amide bonds. The predicted molar refractivity (Wildman–Crippen MR) is 82.0 cm³/mol. The highest BCUT2D eigenvalue weighted by molar-refractivity contribution is 7.11. The number of nitrogens with one attached hydrogen (secondary N) is 1. The van der Waals surface area contributed by atoms with Crippen LogP contribution in [0.5, 0.6) is 11.5 Å². The highest BCUT2D eigenvalue weighted by Gasteiger charge is 2.10. The number of thiazole rings is 1. The molecule has 0 atom stereocenters. The lowest BCUT2D eigenvalue weighted by atomic mass is 10.2. The smallest absolute Gasteiger partial charge is 0.179 e. The maximum absolute atomic E-state index is 6.17. The fraction of sp³-hybridized carbons (Fsp3) is 0.357. The molecule has 2 aromatic rings. The summed E-state index contributed by atoms with van der Waals surface area (Å²) in [5.41, 5.74) is 1.04. The molecule has 0 aliphatic rings. The van der Waals surface area contributed by atoms with E-state index in [1.165, 1.54) is 4.88 Å². The molecule has 1 aromatic heterocycles. The van der Waals surface area contributed by atoms with Gasteiger partial charge in [0.1, 0.15) is 5.01 Å². The van der Waals surface area contributed by atoms with Crippen LogP contribution in [0.3, 0.4) is 0 Å². The number of benzene rings is 1. The zero-order chi connectivity index (χ0) is 14.5. The SMILES string of the molecule is COc1cc(CNCc2ncc(C)s2)cc(Cl)c1OC. The van der Waals surface area contributed by atoms with Crippen molar-refractivity contribution >= 4 is 22.9 Å². The van der Waals surface area contributed by atoms with Crippen LogP contribution in [-0.2, 0) is 13.1 Å². The van der Waals surface area contributed by atoms with Gasteiger partial charge in [-0.3, -0.25) is 0 Å². The fourth-order valence-electron chi connectivity index (χ4n) is 1.87. The average molecular weight is 313 g/mol. The predicted octanol–water partition coefficient (Wildman–Crippen LogP) is 3.41. The number of ether oxygens (including phenoxy) is 2. The number of nitrogens with zero attached hydrogens (tertiary/aromatic N) is 1. The van der Waals surface area contributed by atoms with E-state index in [2.05, 4.69) is 17.2 Å². The van der Waals surface area contributed by atoms with Crippen LogP contribution >= 0.6 is 22.9 Å². The normalized spacial score (nSPS) is 10.6. The Labute approximate surface area is 127 Å². The van der Waals surface area contributed by atoms with Crippen LogP contribution in [0.2, 0.25) is 5.02 Å². The van der Waals surface area contributed by atoms with Crippen LogP contribution < -0.4 is 14.8 Å². The van der Waals surface area contributed by atoms with Gasteiger partial charge >= 0.3 is 0 Å². The third kappa shape index (κ3) is 3.62. The molecule has 0 aliphatic heterocycles. The minimum absolute atomic E-state index is 0.550. The summed E-state index contributed by atoms with van der Waals surface area (Å²) >= 11 is 7.87. The lowest BCUT2D eigenvalue weighted by Crippen LogP contribution is -2.12. The number of halogens is 1. The van der Waals surface area contributed by atoms with Gasteiger partial charge in [-0.15, -0.1) is 11.3 Å². The summed E-state index contributed by atoms with van der Waals surface area (Å²) in [5.74, 6) is 1.20. The summed E-state index contributed by atoms with van der Waals surface area (Å²) in [6, 6.07) is 3.80. The molecule has 0 saturated heterocycles. The Hall–Kier alpha value is -1.30. The molecule has 4 nitrogen and oxygen atoms in total. The van der Waals surface area contributed by atoms with Crippen molar-refractivity contribution in [2.45, 2.75) is 20.0 Å². The van der Waals surface area contributed by atoms with Crippen LogP contribution in [0.25, 0.3) is 0 Å². The number of aromatic nitrogens is 1. The largest absolute Gasteiger partial charge is 0.493 e. The topological polar surface area (TPSA) is 43.4 Å². The van der Waals surface area contributed by atoms with E-state index >= 15 is 0 Å². The van der Waals surface area contributed by atoms with Gasteiger partial charge in [-0.05, 0) is 24.6 Å². The molecule has 0 bridgehead atoms. The second-order valence-corrected chi connectivity index (χ2v) is 6.01. The standard InChI is InChI=1S/C14H17ClN2O2S/c1-9-6-17-13(20-9)8-16-7-10-4-11(15)14(19-3)12(5-10)18-2/h4-6,16H,7-8H2,1-3H3. The summed E-state index contributed by atoms with van der Waals surface area (Å²) in [4.78, 5) is 5.53. The van der Waals surface area contributed by atoms with E-state index < -0.39 is 0 Å². The van der Waals surface area contributed by atoms with Crippen LogP contribution in [0, 0.1) is 6.92 Å². The molecule has 1 N–H and O–H groups in total. The maximum Gasteiger partial charge on any atom is 0.179 e. The van der Waals surface area contributed by atoms with Crippen LogP contribution in [-0.4, -0.2) is 19.2 Å². The Morgan fingerprint density at radius 3 is 2.65 bits per heavy atom. The van der Waals surface area contributed by atoms with E-state index in [1.807, 2.05) is 18.3 Å². The molecule has 0 aliphatic carbocycles. The first-order valence-electron chi connectivity index (χ1n) is 6.16. The van der Waals surface area contributed by atoms with Crippen molar-refractivity contribution in [1.29, 1.82) is 0 Å². The highest BCUT2D eigenvalue weighted by atomic mass is 35.5. The van der Waals surface area contributed by atoms with Gasteiger partial charge in [0.25, 0.3) is 0 Å². The van der Waals surface area contributed by atoms with Gasteiger partial charge in [-0.1, -0.05) is 11.6 Å². The van der Waals surface area contributed by atoms with E-state index in [4.69, 9.17) is 21.1 Å². The first-order chi connectivity index (χ1) is 9.63. The zero-order valence-corrected chi connectivity index (χ0v) is 13.3. The van der Waals surface area contributed by atoms with Crippen molar-refractivity contribution in [2.24, 2.45) is 0 Å². The number of hydrogen-bond acceptors (Lipinski definition) is 5. The molecule has 2 rings (SSSR count). The van der Waals surface area contributed by atoms with E-state index in [-0.39, 0.29) is 0 Å². The molecule has 0 radical (unpaired) electrons. The van der Waals surface area contributed by atoms with Gasteiger partial charge < -0.3 is 14.8 Å². The third-order valence-electron chi connectivity index (χ3n) is 2.77. The first kappa shape index (κ1) is 15.1. The molecule has 1 heterocycles. The lowest BCUT2D eigenvalue weighted by molar-refractivity contribution is 0.354. The monoisotopic (exact) mass is 312 g/mol. The Kier molecular flexibility index (Phi) is 5.23. The quantitative estimate of drug-likeness (QED) is 0.887. The van der Waals surface area contributed by atoms with Gasteiger partial charge in [-0.2, -0.15) is 0 Å². The Bertz CT molecular complexity index is 587. The van der Waals surface area contributed by atoms with Gasteiger partial charge in [0.15, 0.2) is 11.5 Å². The summed E-state index contributed by atoms with van der Waals surface area (Å²) in [7, 11) is 3.18. The molecule has 108 valence electrons. The van der Waals surface area contributed by atoms with Crippen molar-refractivity contribution in [3.8, 4) is 11.5 Å². The van der Waals surface area contributed by atoms with Crippen LogP contribution in [0.15, 0.2) is 18.3 Å². The Morgan fingerprint density at radius 1 is 1.25 bits per heavy atom. The second-order valence-electron chi connectivity index (χ2n) is 4.28. The van der Waals surface area contributed by atoms with Crippen molar-refractivity contribution in [3.05, 3.63) is 38.8 Å². The fourth-order valence-corrected chi connectivity index (χ4v) is 2.94. The lowest BCUT2D eigenvalue weighted by Gasteiger charge is -2.12. The minimum Gasteiger partial charge on any atom is -0.493 e. The number of methoxy groups -OCH3 is 2. The number of aryl methyl sites for hydroxylation is 1. The van der Waals surface area contributed by atoms with Gasteiger partial charge in [-0.25, -0.2) is 4.98 Å². The Morgan fingerprint density at radius 2 is 2.05 bits per heavy atom. The maximum atomic E-state index is 6.17. The van der Waals surface area contributed by atoms with Gasteiger partial charge in [0, 0.05) is 24.2 Å². The number of hydrogen-bond donors (Lipinski definition) is 1. The van der Waals surface area contributed by atoms with Crippen LogP contribution in [0.4, 0.5) is 0 Å². The molecule has 0 spiro atoms. The molecule has 6 heteroatoms.